The molecule has 0 heterocycles. The lowest BCUT2D eigenvalue weighted by molar-refractivity contribution is 0.0267. The Kier molecular flexibility index (Phi) is 3.53. The van der Waals surface area contributed by atoms with Crippen molar-refractivity contribution in [1.29, 1.82) is 0 Å². The van der Waals surface area contributed by atoms with E-state index < -0.39 is 11.4 Å². The average molecular weight is 291 g/mol. The minimum Gasteiger partial charge on any atom is -0.389 e. The van der Waals surface area contributed by atoms with Crippen LogP contribution < -0.4 is 0 Å². The average Bonchev–Trinajstić information content (AvgIpc) is 2.42. The van der Waals surface area contributed by atoms with Crippen molar-refractivity contribution in [2.45, 2.75) is 31.3 Å². The molecule has 0 amide bonds. The quantitative estimate of drug-likeness (QED) is 0.888. The van der Waals surface area contributed by atoms with Crippen LogP contribution in [0.4, 0.5) is 4.39 Å². The van der Waals surface area contributed by atoms with E-state index in [1.807, 2.05) is 12.1 Å². The van der Waals surface area contributed by atoms with Crippen LogP contribution in [0.1, 0.15) is 23.1 Å². The van der Waals surface area contributed by atoms with Gasteiger partial charge in [-0.25, -0.2) is 4.39 Å². The summed E-state index contributed by atoms with van der Waals surface area (Å²) in [4.78, 5) is 0. The normalized spacial score (nSPS) is 21.6. The number of hydrogen-bond acceptors (Lipinski definition) is 1. The first-order valence-corrected chi connectivity index (χ1v) is 7.17. The Labute approximate surface area is 123 Å². The predicted octanol–water partition coefficient (Wildman–Crippen LogP) is 3.94. The lowest BCUT2D eigenvalue weighted by atomic mass is 9.77. The van der Waals surface area contributed by atoms with Crippen molar-refractivity contribution in [1.82, 2.24) is 0 Å². The van der Waals surface area contributed by atoms with Gasteiger partial charge in [0.15, 0.2) is 0 Å². The van der Waals surface area contributed by atoms with Crippen LogP contribution in [0.25, 0.3) is 0 Å². The molecule has 3 heteroatoms. The largest absolute Gasteiger partial charge is 0.389 e. The van der Waals surface area contributed by atoms with E-state index in [-0.39, 0.29) is 5.02 Å². The molecule has 0 radical (unpaired) electrons. The van der Waals surface area contributed by atoms with Crippen molar-refractivity contribution in [3.8, 4) is 0 Å². The topological polar surface area (TPSA) is 20.2 Å². The van der Waals surface area contributed by atoms with Crippen LogP contribution >= 0.6 is 11.6 Å². The van der Waals surface area contributed by atoms with E-state index in [2.05, 4.69) is 12.1 Å². The van der Waals surface area contributed by atoms with Crippen molar-refractivity contribution in [3.05, 3.63) is 70.0 Å². The van der Waals surface area contributed by atoms with Gasteiger partial charge in [0.25, 0.3) is 0 Å². The Bertz CT molecular complexity index is 641. The summed E-state index contributed by atoms with van der Waals surface area (Å²) in [5, 5.41) is 10.9. The van der Waals surface area contributed by atoms with Crippen LogP contribution in [-0.2, 0) is 19.3 Å². The molecule has 0 bridgehead atoms. The van der Waals surface area contributed by atoms with Gasteiger partial charge in [0.05, 0.1) is 10.6 Å². The highest BCUT2D eigenvalue weighted by Crippen LogP contribution is 2.32. The molecule has 1 N–H and O–H groups in total. The van der Waals surface area contributed by atoms with Gasteiger partial charge in [-0.2, -0.15) is 0 Å². The SMILES string of the molecule is OC1(Cc2ccc(F)c(Cl)c2)CCc2ccccc2C1. The molecule has 1 aliphatic carbocycles. The molecule has 1 aliphatic rings. The van der Waals surface area contributed by atoms with Gasteiger partial charge < -0.3 is 5.11 Å². The van der Waals surface area contributed by atoms with Crippen molar-refractivity contribution < 1.29 is 9.50 Å². The molecular formula is C17H16ClFO. The van der Waals surface area contributed by atoms with E-state index in [0.29, 0.717) is 12.8 Å². The minimum atomic E-state index is -0.768. The zero-order valence-electron chi connectivity index (χ0n) is 11.1. The standard InChI is InChI=1S/C17H16ClFO/c18-15-9-12(5-6-16(15)19)10-17(20)8-7-13-3-1-2-4-14(13)11-17/h1-6,9,20H,7-8,10-11H2. The van der Waals surface area contributed by atoms with Crippen molar-refractivity contribution in [3.63, 3.8) is 0 Å². The number of aryl methyl sites for hydroxylation is 1. The Hall–Kier alpha value is -1.38. The summed E-state index contributed by atoms with van der Waals surface area (Å²) in [6, 6.07) is 12.9. The maximum Gasteiger partial charge on any atom is 0.141 e. The summed E-state index contributed by atoms with van der Waals surface area (Å²) in [7, 11) is 0. The van der Waals surface area contributed by atoms with Crippen molar-refractivity contribution in [2.75, 3.05) is 0 Å². The van der Waals surface area contributed by atoms with Gasteiger partial charge in [-0.3, -0.25) is 0 Å². The highest BCUT2D eigenvalue weighted by Gasteiger charge is 2.32. The summed E-state index contributed by atoms with van der Waals surface area (Å²) in [5.74, 6) is -0.420. The Morgan fingerprint density at radius 2 is 1.90 bits per heavy atom. The van der Waals surface area contributed by atoms with Crippen LogP contribution in [-0.4, -0.2) is 10.7 Å². The number of fused-ring (bicyclic) bond motifs is 1. The molecule has 0 aromatic heterocycles. The van der Waals surface area contributed by atoms with E-state index in [4.69, 9.17) is 11.6 Å². The zero-order valence-corrected chi connectivity index (χ0v) is 11.8. The monoisotopic (exact) mass is 290 g/mol. The van der Waals surface area contributed by atoms with Crippen LogP contribution in [0.2, 0.25) is 5.02 Å². The fourth-order valence-corrected chi connectivity index (χ4v) is 3.17. The molecule has 1 atom stereocenters. The summed E-state index contributed by atoms with van der Waals surface area (Å²) in [6.07, 6.45) is 2.74. The molecule has 1 unspecified atom stereocenters. The third-order valence-corrected chi connectivity index (χ3v) is 4.30. The fraction of sp³-hybridized carbons (Fsp3) is 0.294. The van der Waals surface area contributed by atoms with Gasteiger partial charge >= 0.3 is 0 Å². The van der Waals surface area contributed by atoms with Crippen LogP contribution in [0.3, 0.4) is 0 Å². The number of halogens is 2. The first kappa shape index (κ1) is 13.6. The van der Waals surface area contributed by atoms with Crippen LogP contribution in [0, 0.1) is 5.82 Å². The lowest BCUT2D eigenvalue weighted by Crippen LogP contribution is -2.38. The second-order valence-corrected chi connectivity index (χ2v) is 6.00. The first-order valence-electron chi connectivity index (χ1n) is 6.79. The van der Waals surface area contributed by atoms with E-state index >= 15 is 0 Å². The van der Waals surface area contributed by atoms with Gasteiger partial charge in [0.1, 0.15) is 5.82 Å². The zero-order chi connectivity index (χ0) is 14.2. The molecule has 104 valence electrons. The van der Waals surface area contributed by atoms with E-state index in [1.165, 1.54) is 17.2 Å². The molecule has 0 saturated carbocycles. The molecule has 3 rings (SSSR count). The third-order valence-electron chi connectivity index (χ3n) is 4.01. The number of hydrogen-bond donors (Lipinski definition) is 1. The highest BCUT2D eigenvalue weighted by molar-refractivity contribution is 6.30. The molecule has 0 aliphatic heterocycles. The smallest absolute Gasteiger partial charge is 0.141 e. The first-order chi connectivity index (χ1) is 9.56. The predicted molar refractivity (Wildman–Crippen MR) is 78.5 cm³/mol. The second-order valence-electron chi connectivity index (χ2n) is 5.60. The molecule has 2 aromatic rings. The number of benzene rings is 2. The van der Waals surface area contributed by atoms with Crippen molar-refractivity contribution in [2.24, 2.45) is 0 Å². The summed E-state index contributed by atoms with van der Waals surface area (Å²) in [5.41, 5.74) is 2.62. The van der Waals surface area contributed by atoms with Gasteiger partial charge in [-0.15, -0.1) is 0 Å². The van der Waals surface area contributed by atoms with Crippen molar-refractivity contribution >= 4 is 11.6 Å². The Morgan fingerprint density at radius 3 is 2.65 bits per heavy atom. The molecule has 0 spiro atoms. The maximum absolute atomic E-state index is 13.2. The molecular weight excluding hydrogens is 275 g/mol. The van der Waals surface area contributed by atoms with Gasteiger partial charge in [-0.1, -0.05) is 41.9 Å². The summed E-state index contributed by atoms with van der Waals surface area (Å²) >= 11 is 5.80. The summed E-state index contributed by atoms with van der Waals surface area (Å²) < 4.78 is 13.2. The van der Waals surface area contributed by atoms with E-state index in [1.54, 1.807) is 12.1 Å². The van der Waals surface area contributed by atoms with Crippen LogP contribution in [0.5, 0.6) is 0 Å². The Morgan fingerprint density at radius 1 is 1.15 bits per heavy atom. The van der Waals surface area contributed by atoms with Gasteiger partial charge in [0.2, 0.25) is 0 Å². The molecule has 2 aromatic carbocycles. The number of aliphatic hydroxyl groups is 1. The minimum absolute atomic E-state index is 0.113. The third kappa shape index (κ3) is 2.72. The number of rotatable bonds is 2. The molecule has 0 fully saturated rings. The Balaban J connectivity index is 1.82. The fourth-order valence-electron chi connectivity index (χ4n) is 2.96. The summed E-state index contributed by atoms with van der Waals surface area (Å²) in [6.45, 7) is 0. The molecule has 0 saturated heterocycles. The second kappa shape index (κ2) is 5.19. The maximum atomic E-state index is 13.2. The van der Waals surface area contributed by atoms with E-state index in [9.17, 15) is 9.50 Å². The van der Waals surface area contributed by atoms with Gasteiger partial charge in [0, 0.05) is 12.8 Å². The van der Waals surface area contributed by atoms with Gasteiger partial charge in [-0.05, 0) is 41.7 Å². The molecule has 20 heavy (non-hydrogen) atoms. The molecule has 1 nitrogen and oxygen atoms in total. The van der Waals surface area contributed by atoms with E-state index in [0.717, 1.165) is 18.4 Å². The lowest BCUT2D eigenvalue weighted by Gasteiger charge is -2.33. The highest BCUT2D eigenvalue weighted by atomic mass is 35.5. The van der Waals surface area contributed by atoms with Crippen LogP contribution in [0.15, 0.2) is 42.5 Å².